The van der Waals surface area contributed by atoms with Crippen LogP contribution in [0.25, 0.3) is 94.1 Å². The Labute approximate surface area is 276 Å². The summed E-state index contributed by atoms with van der Waals surface area (Å²) in [5, 5.41) is 5.81. The highest BCUT2D eigenvalue weighted by Gasteiger charge is 2.19. The molecule has 0 atom stereocenters. The number of nitrogens with zero attached hydrogens (tertiary/aromatic N) is 3. The van der Waals surface area contributed by atoms with E-state index in [2.05, 4.69) is 150 Å². The summed E-state index contributed by atoms with van der Waals surface area (Å²) in [7, 11) is 0. The molecule has 3 aromatic heterocycles. The van der Waals surface area contributed by atoms with Crippen LogP contribution in [0.15, 0.2) is 168 Å². The maximum Gasteiger partial charge on any atom is 0.180 e. The van der Waals surface area contributed by atoms with Crippen molar-refractivity contribution in [3.63, 3.8) is 0 Å². The van der Waals surface area contributed by atoms with Crippen LogP contribution in [-0.4, -0.2) is 14.5 Å². The van der Waals surface area contributed by atoms with Crippen LogP contribution in [0, 0.1) is 0 Å². The average molecular weight is 614 g/mol. The van der Waals surface area contributed by atoms with Gasteiger partial charge >= 0.3 is 0 Å². The first-order valence-corrected chi connectivity index (χ1v) is 16.2. The van der Waals surface area contributed by atoms with Crippen molar-refractivity contribution in [1.82, 2.24) is 14.5 Å². The molecule has 48 heavy (non-hydrogen) atoms. The molecule has 0 saturated carbocycles. The van der Waals surface area contributed by atoms with Crippen LogP contribution in [0.3, 0.4) is 0 Å². The first-order chi connectivity index (χ1) is 23.8. The molecule has 224 valence electrons. The summed E-state index contributed by atoms with van der Waals surface area (Å²) in [4.78, 5) is 10.2. The van der Waals surface area contributed by atoms with Crippen molar-refractivity contribution < 1.29 is 4.42 Å². The van der Waals surface area contributed by atoms with Gasteiger partial charge in [0.1, 0.15) is 16.8 Å². The zero-order valence-electron chi connectivity index (χ0n) is 25.8. The predicted molar refractivity (Wildman–Crippen MR) is 197 cm³/mol. The summed E-state index contributed by atoms with van der Waals surface area (Å²) >= 11 is 0. The first kappa shape index (κ1) is 26.7. The van der Waals surface area contributed by atoms with Gasteiger partial charge in [-0.25, -0.2) is 9.97 Å². The van der Waals surface area contributed by atoms with E-state index in [1.54, 1.807) is 0 Å². The van der Waals surface area contributed by atoms with Gasteiger partial charge in [0, 0.05) is 33.0 Å². The van der Waals surface area contributed by atoms with E-state index >= 15 is 0 Å². The minimum absolute atomic E-state index is 0.674. The highest BCUT2D eigenvalue weighted by molar-refractivity contribution is 6.10. The maximum atomic E-state index is 6.58. The van der Waals surface area contributed by atoms with E-state index in [1.165, 1.54) is 27.2 Å². The quantitative estimate of drug-likeness (QED) is 0.198. The Balaban J connectivity index is 1.17. The van der Waals surface area contributed by atoms with Gasteiger partial charge in [-0.15, -0.1) is 0 Å². The van der Waals surface area contributed by atoms with E-state index in [0.717, 1.165) is 55.5 Å². The van der Waals surface area contributed by atoms with Crippen LogP contribution in [0.5, 0.6) is 0 Å². The Kier molecular flexibility index (Phi) is 5.84. The molecule has 0 spiro atoms. The van der Waals surface area contributed by atoms with Crippen molar-refractivity contribution >= 4 is 54.6 Å². The molecule has 0 saturated heterocycles. The van der Waals surface area contributed by atoms with Crippen LogP contribution in [-0.2, 0) is 0 Å². The lowest BCUT2D eigenvalue weighted by Crippen LogP contribution is -1.94. The number of rotatable bonds is 4. The molecule has 4 nitrogen and oxygen atoms in total. The Morgan fingerprint density at radius 2 is 1.10 bits per heavy atom. The van der Waals surface area contributed by atoms with Gasteiger partial charge in [-0.1, -0.05) is 121 Å². The Hall–Kier alpha value is -6.52. The van der Waals surface area contributed by atoms with Gasteiger partial charge in [-0.2, -0.15) is 0 Å². The van der Waals surface area contributed by atoms with E-state index in [-0.39, 0.29) is 0 Å². The molecule has 10 rings (SSSR count). The maximum absolute atomic E-state index is 6.58. The summed E-state index contributed by atoms with van der Waals surface area (Å²) in [5.41, 5.74) is 10.8. The first-order valence-electron chi connectivity index (χ1n) is 16.2. The van der Waals surface area contributed by atoms with Crippen LogP contribution in [0.1, 0.15) is 0 Å². The minimum atomic E-state index is 0.674. The second-order valence-electron chi connectivity index (χ2n) is 12.2. The Bertz CT molecular complexity index is 2790. The SMILES string of the molecule is c1ccc(-c2nc(-c3ccc4ccccc4c3)c3oc4ccc(-c5cccc(-n6c7ccccc7c7ccccc76)c5)cc4c3n2)cc1. The lowest BCUT2D eigenvalue weighted by atomic mass is 10.0. The lowest BCUT2D eigenvalue weighted by molar-refractivity contribution is 0.667. The van der Waals surface area contributed by atoms with Gasteiger partial charge < -0.3 is 8.98 Å². The van der Waals surface area contributed by atoms with Crippen molar-refractivity contribution in [3.05, 3.63) is 164 Å². The second kappa shape index (κ2) is 10.5. The molecule has 10 aromatic rings. The van der Waals surface area contributed by atoms with Gasteiger partial charge in [0.2, 0.25) is 0 Å². The lowest BCUT2D eigenvalue weighted by Gasteiger charge is -2.10. The number of hydrogen-bond acceptors (Lipinski definition) is 3. The van der Waals surface area contributed by atoms with Gasteiger partial charge in [0.05, 0.1) is 11.0 Å². The summed E-state index contributed by atoms with van der Waals surface area (Å²) in [6.45, 7) is 0. The van der Waals surface area contributed by atoms with E-state index in [1.807, 2.05) is 18.2 Å². The van der Waals surface area contributed by atoms with Crippen molar-refractivity contribution in [1.29, 1.82) is 0 Å². The minimum Gasteiger partial charge on any atom is -0.452 e. The smallest absolute Gasteiger partial charge is 0.180 e. The fraction of sp³-hybridized carbons (Fsp3) is 0. The molecular formula is C44H27N3O. The third-order valence-electron chi connectivity index (χ3n) is 9.38. The molecule has 0 radical (unpaired) electrons. The number of hydrogen-bond donors (Lipinski definition) is 0. The molecule has 0 aliphatic heterocycles. The number of benzene rings is 7. The van der Waals surface area contributed by atoms with E-state index in [0.29, 0.717) is 11.4 Å². The molecule has 0 aliphatic rings. The van der Waals surface area contributed by atoms with E-state index in [4.69, 9.17) is 14.4 Å². The number of fused-ring (bicyclic) bond motifs is 7. The molecular weight excluding hydrogens is 587 g/mol. The monoisotopic (exact) mass is 613 g/mol. The van der Waals surface area contributed by atoms with Crippen molar-refractivity contribution in [2.45, 2.75) is 0 Å². The van der Waals surface area contributed by atoms with E-state index < -0.39 is 0 Å². The molecule has 0 fully saturated rings. The van der Waals surface area contributed by atoms with Crippen LogP contribution >= 0.6 is 0 Å². The highest BCUT2D eigenvalue weighted by atomic mass is 16.3. The molecule has 0 bridgehead atoms. The van der Waals surface area contributed by atoms with E-state index in [9.17, 15) is 0 Å². The Morgan fingerprint density at radius 3 is 1.92 bits per heavy atom. The fourth-order valence-corrected chi connectivity index (χ4v) is 7.10. The molecule has 3 heterocycles. The van der Waals surface area contributed by atoms with Gasteiger partial charge in [-0.05, 0) is 64.4 Å². The normalized spacial score (nSPS) is 11.8. The Morgan fingerprint density at radius 1 is 0.438 bits per heavy atom. The summed E-state index contributed by atoms with van der Waals surface area (Å²) in [6, 6.07) is 57.4. The largest absolute Gasteiger partial charge is 0.452 e. The van der Waals surface area contributed by atoms with Crippen molar-refractivity contribution in [3.8, 4) is 39.5 Å². The highest BCUT2D eigenvalue weighted by Crippen LogP contribution is 2.39. The third-order valence-corrected chi connectivity index (χ3v) is 9.38. The molecule has 0 amide bonds. The van der Waals surface area contributed by atoms with Crippen LogP contribution in [0.2, 0.25) is 0 Å². The van der Waals surface area contributed by atoms with Gasteiger partial charge in [0.15, 0.2) is 11.4 Å². The zero-order chi connectivity index (χ0) is 31.6. The standard InChI is InChI=1S/C44H27N3O/c1-2-12-29(13-3-1)44-45-41(33-22-21-28-11-4-5-14-30(28)25-33)43-42(46-44)37-27-32(23-24-40(37)48-43)31-15-10-16-34(26-31)47-38-19-8-6-17-35(38)36-18-7-9-20-39(36)47/h1-27H. The molecule has 0 N–H and O–H groups in total. The third kappa shape index (κ3) is 4.16. The average Bonchev–Trinajstić information content (AvgIpc) is 3.70. The molecule has 0 aliphatic carbocycles. The van der Waals surface area contributed by atoms with Crippen LogP contribution in [0.4, 0.5) is 0 Å². The van der Waals surface area contributed by atoms with Crippen molar-refractivity contribution in [2.24, 2.45) is 0 Å². The topological polar surface area (TPSA) is 43.9 Å². The summed E-state index contributed by atoms with van der Waals surface area (Å²) in [6.07, 6.45) is 0. The predicted octanol–water partition coefficient (Wildman–Crippen LogP) is 11.6. The van der Waals surface area contributed by atoms with Gasteiger partial charge in [0.25, 0.3) is 0 Å². The van der Waals surface area contributed by atoms with Crippen molar-refractivity contribution in [2.75, 3.05) is 0 Å². The second-order valence-corrected chi connectivity index (χ2v) is 12.2. The van der Waals surface area contributed by atoms with Gasteiger partial charge in [-0.3, -0.25) is 0 Å². The zero-order valence-corrected chi connectivity index (χ0v) is 25.8. The summed E-state index contributed by atoms with van der Waals surface area (Å²) in [5.74, 6) is 0.674. The molecule has 4 heteroatoms. The summed E-state index contributed by atoms with van der Waals surface area (Å²) < 4.78 is 8.94. The number of furan rings is 1. The number of para-hydroxylation sites is 2. The van der Waals surface area contributed by atoms with Crippen LogP contribution < -0.4 is 0 Å². The fourth-order valence-electron chi connectivity index (χ4n) is 7.10. The molecule has 7 aromatic carbocycles. The molecule has 0 unspecified atom stereocenters. The number of aromatic nitrogens is 3.